The van der Waals surface area contributed by atoms with Crippen LogP contribution in [-0.2, 0) is 9.59 Å². The van der Waals surface area contributed by atoms with Gasteiger partial charge in [-0.2, -0.15) is 0 Å². The highest BCUT2D eigenvalue weighted by Crippen LogP contribution is 2.16. The summed E-state index contributed by atoms with van der Waals surface area (Å²) in [5, 5.41) is 2.34. The number of amides is 2. The van der Waals surface area contributed by atoms with Gasteiger partial charge >= 0.3 is 0 Å². The fourth-order valence-electron chi connectivity index (χ4n) is 1.69. The first-order valence-electron chi connectivity index (χ1n) is 6.75. The number of nitrogens with zero attached hydrogens (tertiary/aromatic N) is 1. The molecule has 0 spiro atoms. The molecule has 0 aliphatic carbocycles. The molecule has 0 aromatic rings. The number of aliphatic imine (C=N–C) groups is 1. The molecule has 0 saturated carbocycles. The standard InChI is InChI=1S/C13H18N2O2.C2H6/c1-4-5-6-11(14-9(2)3)10-7-8-12(16)15-13(10)17;1-2/h4-6,9-10H,1,7-8H2,2-3H3,(H,15,16,17);1-2H3/b6-5-,14-11?;. The third-order valence-electron chi connectivity index (χ3n) is 2.41. The average Bonchev–Trinajstić information content (AvgIpc) is 2.37. The third-order valence-corrected chi connectivity index (χ3v) is 2.41. The summed E-state index contributed by atoms with van der Waals surface area (Å²) in [5.41, 5.74) is 0.713. The van der Waals surface area contributed by atoms with E-state index in [0.29, 0.717) is 18.6 Å². The Hall–Kier alpha value is -1.71. The lowest BCUT2D eigenvalue weighted by atomic mass is 9.92. The molecule has 0 aromatic heterocycles. The van der Waals surface area contributed by atoms with Crippen molar-refractivity contribution in [2.75, 3.05) is 0 Å². The van der Waals surface area contributed by atoms with Gasteiger partial charge in [-0.1, -0.05) is 32.6 Å². The lowest BCUT2D eigenvalue weighted by Crippen LogP contribution is -2.43. The van der Waals surface area contributed by atoms with E-state index in [2.05, 4.69) is 16.9 Å². The van der Waals surface area contributed by atoms with Crippen molar-refractivity contribution in [2.24, 2.45) is 10.9 Å². The van der Waals surface area contributed by atoms with Gasteiger partial charge in [0.2, 0.25) is 11.8 Å². The zero-order valence-electron chi connectivity index (χ0n) is 12.3. The van der Waals surface area contributed by atoms with Crippen molar-refractivity contribution in [3.63, 3.8) is 0 Å². The number of carbonyl (C=O) groups is 2. The smallest absolute Gasteiger partial charge is 0.235 e. The minimum Gasteiger partial charge on any atom is -0.296 e. The van der Waals surface area contributed by atoms with Gasteiger partial charge in [-0.15, -0.1) is 0 Å². The van der Waals surface area contributed by atoms with Crippen LogP contribution in [0.15, 0.2) is 29.8 Å². The summed E-state index contributed by atoms with van der Waals surface area (Å²) in [6.07, 6.45) is 6.08. The Labute approximate surface area is 115 Å². The van der Waals surface area contributed by atoms with Crippen molar-refractivity contribution in [3.8, 4) is 0 Å². The van der Waals surface area contributed by atoms with Crippen LogP contribution in [0.4, 0.5) is 0 Å². The Balaban J connectivity index is 0.00000154. The van der Waals surface area contributed by atoms with Crippen LogP contribution in [0.5, 0.6) is 0 Å². The number of hydrogen-bond acceptors (Lipinski definition) is 3. The summed E-state index contributed by atoms with van der Waals surface area (Å²) in [6.45, 7) is 11.5. The van der Waals surface area contributed by atoms with Crippen LogP contribution in [0.1, 0.15) is 40.5 Å². The second-order valence-electron chi connectivity index (χ2n) is 4.25. The molecule has 4 heteroatoms. The Morgan fingerprint density at radius 3 is 2.53 bits per heavy atom. The topological polar surface area (TPSA) is 58.5 Å². The maximum absolute atomic E-state index is 11.7. The minimum atomic E-state index is -0.328. The largest absolute Gasteiger partial charge is 0.296 e. The molecule has 1 rings (SSSR count). The van der Waals surface area contributed by atoms with Gasteiger partial charge in [0.05, 0.1) is 5.92 Å². The first-order chi connectivity index (χ1) is 9.04. The summed E-state index contributed by atoms with van der Waals surface area (Å²) < 4.78 is 0. The lowest BCUT2D eigenvalue weighted by molar-refractivity contribution is -0.134. The molecular weight excluding hydrogens is 240 g/mol. The fourth-order valence-corrected chi connectivity index (χ4v) is 1.69. The number of carbonyl (C=O) groups excluding carboxylic acids is 2. The Morgan fingerprint density at radius 1 is 1.42 bits per heavy atom. The van der Waals surface area contributed by atoms with Gasteiger partial charge in [-0.25, -0.2) is 0 Å². The molecule has 1 saturated heterocycles. The Bertz CT molecular complexity index is 382. The molecule has 1 unspecified atom stereocenters. The molecule has 4 nitrogen and oxygen atoms in total. The molecule has 0 bridgehead atoms. The summed E-state index contributed by atoms with van der Waals surface area (Å²) in [5.74, 6) is -0.788. The minimum absolute atomic E-state index is 0.116. The molecule has 1 aliphatic rings. The highest BCUT2D eigenvalue weighted by Gasteiger charge is 2.29. The normalized spacial score (nSPS) is 20.1. The highest BCUT2D eigenvalue weighted by molar-refractivity contribution is 6.14. The quantitative estimate of drug-likeness (QED) is 0.482. The van der Waals surface area contributed by atoms with Crippen LogP contribution in [0, 0.1) is 5.92 Å². The molecule has 2 amide bonds. The van der Waals surface area contributed by atoms with E-state index in [1.807, 2.05) is 27.7 Å². The Morgan fingerprint density at radius 2 is 2.05 bits per heavy atom. The van der Waals surface area contributed by atoms with E-state index in [1.165, 1.54) is 0 Å². The van der Waals surface area contributed by atoms with Crippen LogP contribution in [0.3, 0.4) is 0 Å². The first-order valence-corrected chi connectivity index (χ1v) is 6.75. The molecule has 19 heavy (non-hydrogen) atoms. The van der Waals surface area contributed by atoms with Gasteiger partial charge < -0.3 is 0 Å². The second kappa shape index (κ2) is 9.25. The van der Waals surface area contributed by atoms with Crippen molar-refractivity contribution >= 4 is 17.5 Å². The van der Waals surface area contributed by atoms with Gasteiger partial charge in [0.15, 0.2) is 0 Å². The van der Waals surface area contributed by atoms with E-state index >= 15 is 0 Å². The van der Waals surface area contributed by atoms with Gasteiger partial charge in [0.1, 0.15) is 0 Å². The van der Waals surface area contributed by atoms with Crippen LogP contribution in [0.2, 0.25) is 0 Å². The van der Waals surface area contributed by atoms with Crippen molar-refractivity contribution in [1.29, 1.82) is 0 Å². The Kier molecular flexibility index (Phi) is 8.42. The molecule has 1 aliphatic heterocycles. The van der Waals surface area contributed by atoms with Crippen molar-refractivity contribution in [1.82, 2.24) is 5.32 Å². The zero-order chi connectivity index (χ0) is 14.8. The number of imide groups is 1. The third kappa shape index (κ3) is 6.13. The number of hydrogen-bond donors (Lipinski definition) is 1. The maximum Gasteiger partial charge on any atom is 0.235 e. The molecule has 1 atom stereocenters. The highest BCUT2D eigenvalue weighted by atomic mass is 16.2. The van der Waals surface area contributed by atoms with E-state index in [9.17, 15) is 9.59 Å². The van der Waals surface area contributed by atoms with Crippen LogP contribution in [-0.4, -0.2) is 23.6 Å². The molecule has 1 N–H and O–H groups in total. The van der Waals surface area contributed by atoms with Gasteiger partial charge in [-0.3, -0.25) is 19.9 Å². The van der Waals surface area contributed by atoms with E-state index in [1.54, 1.807) is 18.2 Å². The molecule has 106 valence electrons. The average molecular weight is 264 g/mol. The number of rotatable bonds is 4. The molecule has 0 aromatic carbocycles. The molecule has 0 radical (unpaired) electrons. The molecule has 1 fully saturated rings. The predicted octanol–water partition coefficient (Wildman–Crippen LogP) is 2.66. The van der Waals surface area contributed by atoms with E-state index in [4.69, 9.17) is 0 Å². The summed E-state index contributed by atoms with van der Waals surface area (Å²) in [4.78, 5) is 27.2. The fraction of sp³-hybridized carbons (Fsp3) is 0.533. The van der Waals surface area contributed by atoms with E-state index < -0.39 is 0 Å². The van der Waals surface area contributed by atoms with Crippen molar-refractivity contribution in [2.45, 2.75) is 46.6 Å². The van der Waals surface area contributed by atoms with Crippen molar-refractivity contribution < 1.29 is 9.59 Å². The lowest BCUT2D eigenvalue weighted by Gasteiger charge is -2.21. The molecule has 1 heterocycles. The van der Waals surface area contributed by atoms with Gasteiger partial charge in [0, 0.05) is 18.2 Å². The summed E-state index contributed by atoms with van der Waals surface area (Å²) in [7, 11) is 0. The number of piperidine rings is 1. The van der Waals surface area contributed by atoms with Crippen LogP contribution in [0.25, 0.3) is 0 Å². The van der Waals surface area contributed by atoms with Gasteiger partial charge in [0.25, 0.3) is 0 Å². The maximum atomic E-state index is 11.7. The second-order valence-corrected chi connectivity index (χ2v) is 4.25. The van der Waals surface area contributed by atoms with Crippen LogP contribution < -0.4 is 5.32 Å². The summed E-state index contributed by atoms with van der Waals surface area (Å²) in [6, 6.07) is 0.116. The number of nitrogens with one attached hydrogen (secondary N) is 1. The summed E-state index contributed by atoms with van der Waals surface area (Å²) >= 11 is 0. The van der Waals surface area contributed by atoms with Gasteiger partial charge in [-0.05, 0) is 26.3 Å². The monoisotopic (exact) mass is 264 g/mol. The zero-order valence-corrected chi connectivity index (χ0v) is 12.3. The first kappa shape index (κ1) is 17.3. The predicted molar refractivity (Wildman–Crippen MR) is 79.1 cm³/mol. The SMILES string of the molecule is C=C/C=C\C(=NC(C)C)C1CCC(=O)NC1=O.CC. The number of allylic oxidation sites excluding steroid dienone is 3. The van der Waals surface area contributed by atoms with E-state index in [0.717, 1.165) is 0 Å². The van der Waals surface area contributed by atoms with Crippen molar-refractivity contribution in [3.05, 3.63) is 24.8 Å². The van der Waals surface area contributed by atoms with Crippen LogP contribution >= 0.6 is 0 Å². The van der Waals surface area contributed by atoms with E-state index in [-0.39, 0.29) is 23.8 Å². The molecular formula is C15H24N2O2.